The van der Waals surface area contributed by atoms with Gasteiger partial charge in [-0.15, -0.1) is 0 Å². The first-order valence-corrected chi connectivity index (χ1v) is 7.26. The summed E-state index contributed by atoms with van der Waals surface area (Å²) < 4.78 is 26.7. The van der Waals surface area contributed by atoms with Gasteiger partial charge in [-0.3, -0.25) is 4.72 Å². The molecular weight excluding hydrogens is 278 g/mol. The van der Waals surface area contributed by atoms with E-state index in [1.165, 1.54) is 0 Å². The summed E-state index contributed by atoms with van der Waals surface area (Å²) in [7, 11) is -3.17. The first kappa shape index (κ1) is 11.0. The van der Waals surface area contributed by atoms with E-state index in [2.05, 4.69) is 20.7 Å². The Labute approximate surface area is 98.1 Å². The van der Waals surface area contributed by atoms with E-state index >= 15 is 0 Å². The SMILES string of the molecule is O=S(=O)(CC1CC1)Nc1ccccc1Br. The Bertz CT molecular complexity index is 454. The van der Waals surface area contributed by atoms with Crippen LogP contribution in [0.25, 0.3) is 0 Å². The normalized spacial score (nSPS) is 16.3. The Balaban J connectivity index is 2.10. The van der Waals surface area contributed by atoms with E-state index in [1.807, 2.05) is 12.1 Å². The Morgan fingerprint density at radius 1 is 1.33 bits per heavy atom. The number of hydrogen-bond acceptors (Lipinski definition) is 2. The van der Waals surface area contributed by atoms with Crippen molar-refractivity contribution >= 4 is 31.6 Å². The van der Waals surface area contributed by atoms with Gasteiger partial charge in [0, 0.05) is 4.47 Å². The zero-order valence-corrected chi connectivity index (χ0v) is 10.5. The summed E-state index contributed by atoms with van der Waals surface area (Å²) in [6.45, 7) is 0. The number of hydrogen-bond donors (Lipinski definition) is 1. The summed E-state index contributed by atoms with van der Waals surface area (Å²) in [6, 6.07) is 7.21. The van der Waals surface area contributed by atoms with Crippen molar-refractivity contribution in [3.8, 4) is 0 Å². The molecule has 5 heteroatoms. The molecule has 0 radical (unpaired) electrons. The predicted molar refractivity (Wildman–Crippen MR) is 64.3 cm³/mol. The van der Waals surface area contributed by atoms with E-state index < -0.39 is 10.0 Å². The van der Waals surface area contributed by atoms with Crippen LogP contribution in [0.4, 0.5) is 5.69 Å². The van der Waals surface area contributed by atoms with Crippen LogP contribution in [0.5, 0.6) is 0 Å². The van der Waals surface area contributed by atoms with Gasteiger partial charge in [-0.25, -0.2) is 8.42 Å². The lowest BCUT2D eigenvalue weighted by molar-refractivity contribution is 0.597. The van der Waals surface area contributed by atoms with Crippen molar-refractivity contribution in [2.24, 2.45) is 5.92 Å². The second-order valence-electron chi connectivity index (χ2n) is 3.81. The van der Waals surface area contributed by atoms with Gasteiger partial charge in [-0.2, -0.15) is 0 Å². The number of benzene rings is 1. The van der Waals surface area contributed by atoms with Gasteiger partial charge >= 0.3 is 0 Å². The fourth-order valence-electron chi connectivity index (χ4n) is 1.35. The molecule has 1 aromatic rings. The number of para-hydroxylation sites is 1. The van der Waals surface area contributed by atoms with E-state index in [4.69, 9.17) is 0 Å². The summed E-state index contributed by atoms with van der Waals surface area (Å²) in [5.74, 6) is 0.610. The lowest BCUT2D eigenvalue weighted by atomic mass is 10.3. The molecule has 0 saturated heterocycles. The minimum Gasteiger partial charge on any atom is -0.282 e. The third-order valence-corrected chi connectivity index (χ3v) is 4.42. The minimum atomic E-state index is -3.17. The highest BCUT2D eigenvalue weighted by Crippen LogP contribution is 2.31. The molecule has 1 aromatic carbocycles. The molecule has 1 fully saturated rings. The van der Waals surface area contributed by atoms with Gasteiger partial charge in [0.2, 0.25) is 10.0 Å². The van der Waals surface area contributed by atoms with Crippen molar-refractivity contribution in [3.63, 3.8) is 0 Å². The Hall–Kier alpha value is -0.550. The molecule has 1 N–H and O–H groups in total. The quantitative estimate of drug-likeness (QED) is 0.926. The lowest BCUT2D eigenvalue weighted by Gasteiger charge is -2.08. The van der Waals surface area contributed by atoms with Crippen molar-refractivity contribution in [1.82, 2.24) is 0 Å². The van der Waals surface area contributed by atoms with Crippen LogP contribution in [0.15, 0.2) is 28.7 Å². The molecule has 3 nitrogen and oxygen atoms in total. The molecule has 1 aliphatic rings. The molecule has 15 heavy (non-hydrogen) atoms. The number of nitrogens with one attached hydrogen (secondary N) is 1. The lowest BCUT2D eigenvalue weighted by Crippen LogP contribution is -2.18. The summed E-state index contributed by atoms with van der Waals surface area (Å²) in [5.41, 5.74) is 0.609. The molecule has 0 spiro atoms. The van der Waals surface area contributed by atoms with Crippen LogP contribution >= 0.6 is 15.9 Å². The number of halogens is 1. The topological polar surface area (TPSA) is 46.2 Å². The van der Waals surface area contributed by atoms with Crippen molar-refractivity contribution in [3.05, 3.63) is 28.7 Å². The molecule has 82 valence electrons. The van der Waals surface area contributed by atoms with E-state index in [1.54, 1.807) is 12.1 Å². The maximum atomic E-state index is 11.7. The molecule has 0 aromatic heterocycles. The number of anilines is 1. The summed E-state index contributed by atoms with van der Waals surface area (Å²) in [4.78, 5) is 0. The standard InChI is InChI=1S/C10H12BrNO2S/c11-9-3-1-2-4-10(9)12-15(13,14)7-8-5-6-8/h1-4,8,12H,5-7H2. The molecule has 1 saturated carbocycles. The Morgan fingerprint density at radius 3 is 2.60 bits per heavy atom. The molecule has 1 aliphatic carbocycles. The molecule has 0 heterocycles. The van der Waals surface area contributed by atoms with Gasteiger partial charge in [0.05, 0.1) is 11.4 Å². The maximum Gasteiger partial charge on any atom is 0.233 e. The molecular formula is C10H12BrNO2S. The fourth-order valence-corrected chi connectivity index (χ4v) is 3.41. The van der Waals surface area contributed by atoms with Gasteiger partial charge < -0.3 is 0 Å². The molecule has 0 aliphatic heterocycles. The smallest absolute Gasteiger partial charge is 0.233 e. The zero-order valence-electron chi connectivity index (χ0n) is 8.11. The van der Waals surface area contributed by atoms with Crippen molar-refractivity contribution in [2.75, 3.05) is 10.5 Å². The van der Waals surface area contributed by atoms with Crippen LogP contribution < -0.4 is 4.72 Å². The van der Waals surface area contributed by atoms with Crippen molar-refractivity contribution < 1.29 is 8.42 Å². The second kappa shape index (κ2) is 4.14. The summed E-state index contributed by atoms with van der Waals surface area (Å²) >= 11 is 3.30. The predicted octanol–water partition coefficient (Wildman–Crippen LogP) is 2.60. The van der Waals surface area contributed by atoms with Crippen LogP contribution in [-0.4, -0.2) is 14.2 Å². The minimum absolute atomic E-state index is 0.244. The summed E-state index contributed by atoms with van der Waals surface area (Å²) in [5, 5.41) is 0. The van der Waals surface area contributed by atoms with E-state index in [9.17, 15) is 8.42 Å². The van der Waals surface area contributed by atoms with Crippen LogP contribution in [0, 0.1) is 5.92 Å². The van der Waals surface area contributed by atoms with Gasteiger partial charge in [0.1, 0.15) is 0 Å². The third-order valence-electron chi connectivity index (χ3n) is 2.29. The van der Waals surface area contributed by atoms with Crippen LogP contribution in [0.2, 0.25) is 0 Å². The summed E-state index contributed by atoms with van der Waals surface area (Å²) in [6.07, 6.45) is 2.08. The van der Waals surface area contributed by atoms with Crippen molar-refractivity contribution in [1.29, 1.82) is 0 Å². The molecule has 0 amide bonds. The maximum absolute atomic E-state index is 11.7. The zero-order chi connectivity index (χ0) is 10.9. The van der Waals surface area contributed by atoms with E-state index in [0.29, 0.717) is 11.6 Å². The van der Waals surface area contributed by atoms with Crippen LogP contribution in [-0.2, 0) is 10.0 Å². The van der Waals surface area contributed by atoms with Crippen LogP contribution in [0.3, 0.4) is 0 Å². The monoisotopic (exact) mass is 289 g/mol. The largest absolute Gasteiger partial charge is 0.282 e. The van der Waals surface area contributed by atoms with Gasteiger partial charge in [0.25, 0.3) is 0 Å². The van der Waals surface area contributed by atoms with Gasteiger partial charge in [-0.05, 0) is 46.8 Å². The highest BCUT2D eigenvalue weighted by molar-refractivity contribution is 9.10. The number of sulfonamides is 1. The third kappa shape index (κ3) is 3.21. The first-order chi connectivity index (χ1) is 7.07. The first-order valence-electron chi connectivity index (χ1n) is 4.82. The fraction of sp³-hybridized carbons (Fsp3) is 0.400. The Morgan fingerprint density at radius 2 is 2.00 bits per heavy atom. The van der Waals surface area contributed by atoms with Gasteiger partial charge in [0.15, 0.2) is 0 Å². The highest BCUT2D eigenvalue weighted by atomic mass is 79.9. The average molecular weight is 290 g/mol. The molecule has 0 atom stereocenters. The van der Waals surface area contributed by atoms with Gasteiger partial charge in [-0.1, -0.05) is 12.1 Å². The van der Waals surface area contributed by atoms with E-state index in [-0.39, 0.29) is 5.75 Å². The van der Waals surface area contributed by atoms with Crippen LogP contribution in [0.1, 0.15) is 12.8 Å². The van der Waals surface area contributed by atoms with Crippen molar-refractivity contribution in [2.45, 2.75) is 12.8 Å². The van der Waals surface area contributed by atoms with E-state index in [0.717, 1.165) is 17.3 Å². The Kier molecular flexibility index (Phi) is 3.02. The average Bonchev–Trinajstić information content (AvgIpc) is 2.91. The molecule has 2 rings (SSSR count). The molecule has 0 unspecified atom stereocenters. The molecule has 0 bridgehead atoms. The second-order valence-corrected chi connectivity index (χ2v) is 6.43. The highest BCUT2D eigenvalue weighted by Gasteiger charge is 2.28. The number of rotatable bonds is 4.